The first kappa shape index (κ1) is 11.7. The number of thiazole rings is 1. The molecule has 0 saturated heterocycles. The molecule has 6 nitrogen and oxygen atoms in total. The lowest BCUT2D eigenvalue weighted by Crippen LogP contribution is -2.12. The Labute approximate surface area is 103 Å². The lowest BCUT2D eigenvalue weighted by atomic mass is 10.4. The topological polar surface area (TPSA) is 88.8 Å². The van der Waals surface area contributed by atoms with Crippen LogP contribution in [0.5, 0.6) is 0 Å². The second kappa shape index (κ2) is 5.55. The molecule has 0 aliphatic rings. The number of nitrogens with one attached hydrogen (secondary N) is 2. The van der Waals surface area contributed by atoms with Gasteiger partial charge in [-0.05, 0) is 0 Å². The first-order valence-electron chi connectivity index (χ1n) is 5.28. The van der Waals surface area contributed by atoms with Gasteiger partial charge in [-0.25, -0.2) is 20.8 Å². The molecule has 0 fully saturated rings. The van der Waals surface area contributed by atoms with Crippen molar-refractivity contribution in [3.8, 4) is 0 Å². The summed E-state index contributed by atoms with van der Waals surface area (Å²) >= 11 is 1.60. The van der Waals surface area contributed by atoms with Gasteiger partial charge in [-0.2, -0.15) is 0 Å². The second-order valence-electron chi connectivity index (χ2n) is 3.33. The first-order chi connectivity index (χ1) is 8.31. The van der Waals surface area contributed by atoms with E-state index in [1.807, 2.05) is 12.3 Å². The second-order valence-corrected chi connectivity index (χ2v) is 4.31. The van der Waals surface area contributed by atoms with E-state index in [1.54, 1.807) is 23.6 Å². The maximum atomic E-state index is 5.35. The molecule has 0 saturated carbocycles. The number of rotatable bonds is 5. The number of nitrogen functional groups attached to an aromatic ring is 1. The SMILES string of the molecule is CCc1nc(NN)cc(NCc2nccs2)n1. The van der Waals surface area contributed by atoms with Crippen LogP contribution >= 0.6 is 11.3 Å². The van der Waals surface area contributed by atoms with E-state index < -0.39 is 0 Å². The molecule has 0 amide bonds. The van der Waals surface area contributed by atoms with Crippen molar-refractivity contribution in [2.24, 2.45) is 5.84 Å². The Kier molecular flexibility index (Phi) is 3.84. The summed E-state index contributed by atoms with van der Waals surface area (Å²) < 4.78 is 0. The van der Waals surface area contributed by atoms with Gasteiger partial charge in [-0.3, -0.25) is 0 Å². The summed E-state index contributed by atoms with van der Waals surface area (Å²) in [6, 6.07) is 1.77. The molecule has 0 aliphatic heterocycles. The number of hydrogen-bond acceptors (Lipinski definition) is 7. The molecule has 2 aromatic heterocycles. The highest BCUT2D eigenvalue weighted by Gasteiger charge is 2.03. The van der Waals surface area contributed by atoms with Crippen LogP contribution in [0.4, 0.5) is 11.6 Å². The molecular weight excluding hydrogens is 236 g/mol. The molecule has 4 N–H and O–H groups in total. The number of hydrazine groups is 1. The standard InChI is InChI=1S/C10H14N6S/c1-2-7-14-8(5-9(15-7)16-11)13-6-10-12-3-4-17-10/h3-5H,2,6,11H2,1H3,(H2,13,14,15,16). The van der Waals surface area contributed by atoms with Gasteiger partial charge in [0.05, 0.1) is 6.54 Å². The average molecular weight is 250 g/mol. The molecule has 90 valence electrons. The maximum absolute atomic E-state index is 5.35. The predicted molar refractivity (Wildman–Crippen MR) is 68.7 cm³/mol. The molecule has 0 radical (unpaired) electrons. The summed E-state index contributed by atoms with van der Waals surface area (Å²) in [5, 5.41) is 6.16. The van der Waals surface area contributed by atoms with Crippen LogP contribution in [-0.2, 0) is 13.0 Å². The third-order valence-corrected chi connectivity index (χ3v) is 2.92. The van der Waals surface area contributed by atoms with Crippen molar-refractivity contribution in [1.82, 2.24) is 15.0 Å². The first-order valence-corrected chi connectivity index (χ1v) is 6.16. The van der Waals surface area contributed by atoms with E-state index in [0.29, 0.717) is 12.4 Å². The van der Waals surface area contributed by atoms with E-state index in [0.717, 1.165) is 23.1 Å². The van der Waals surface area contributed by atoms with Crippen LogP contribution in [0.2, 0.25) is 0 Å². The number of nitrogens with zero attached hydrogens (tertiary/aromatic N) is 3. The van der Waals surface area contributed by atoms with E-state index in [4.69, 9.17) is 5.84 Å². The van der Waals surface area contributed by atoms with Gasteiger partial charge < -0.3 is 10.7 Å². The van der Waals surface area contributed by atoms with Gasteiger partial charge in [0.15, 0.2) is 0 Å². The Bertz CT molecular complexity index is 447. The minimum Gasteiger partial charge on any atom is -0.363 e. The molecule has 0 aromatic carbocycles. The summed E-state index contributed by atoms with van der Waals surface area (Å²) in [7, 11) is 0. The van der Waals surface area contributed by atoms with Crippen molar-refractivity contribution >= 4 is 23.0 Å². The van der Waals surface area contributed by atoms with Crippen LogP contribution in [0, 0.1) is 0 Å². The molecule has 0 atom stereocenters. The van der Waals surface area contributed by atoms with Crippen LogP contribution in [0.25, 0.3) is 0 Å². The molecular formula is C10H14N6S. The minimum atomic E-state index is 0.610. The summed E-state index contributed by atoms with van der Waals surface area (Å²) in [6.45, 7) is 2.65. The summed E-state index contributed by atoms with van der Waals surface area (Å²) in [5.74, 6) is 7.47. The largest absolute Gasteiger partial charge is 0.363 e. The van der Waals surface area contributed by atoms with Crippen LogP contribution in [0.1, 0.15) is 17.8 Å². The monoisotopic (exact) mass is 250 g/mol. The van der Waals surface area contributed by atoms with Crippen molar-refractivity contribution in [2.75, 3.05) is 10.7 Å². The summed E-state index contributed by atoms with van der Waals surface area (Å²) in [5.41, 5.74) is 2.53. The van der Waals surface area contributed by atoms with E-state index in [9.17, 15) is 0 Å². The van der Waals surface area contributed by atoms with E-state index >= 15 is 0 Å². The number of aromatic nitrogens is 3. The fourth-order valence-electron chi connectivity index (χ4n) is 1.33. The summed E-state index contributed by atoms with van der Waals surface area (Å²) in [6.07, 6.45) is 2.55. The fourth-order valence-corrected chi connectivity index (χ4v) is 1.88. The van der Waals surface area contributed by atoms with Gasteiger partial charge in [0.1, 0.15) is 22.5 Å². The Morgan fingerprint density at radius 1 is 1.35 bits per heavy atom. The molecule has 17 heavy (non-hydrogen) atoms. The highest BCUT2D eigenvalue weighted by Crippen LogP contribution is 2.13. The predicted octanol–water partition coefficient (Wildman–Crippen LogP) is 1.39. The van der Waals surface area contributed by atoms with Gasteiger partial charge >= 0.3 is 0 Å². The molecule has 7 heteroatoms. The van der Waals surface area contributed by atoms with Crippen molar-refractivity contribution in [2.45, 2.75) is 19.9 Å². The number of hydrogen-bond donors (Lipinski definition) is 3. The highest BCUT2D eigenvalue weighted by atomic mass is 32.1. The molecule has 2 heterocycles. The smallest absolute Gasteiger partial charge is 0.145 e. The van der Waals surface area contributed by atoms with Crippen molar-refractivity contribution in [3.05, 3.63) is 28.5 Å². The van der Waals surface area contributed by atoms with Gasteiger partial charge in [0.2, 0.25) is 0 Å². The average Bonchev–Trinajstić information content (AvgIpc) is 2.89. The zero-order chi connectivity index (χ0) is 12.1. The quantitative estimate of drug-likeness (QED) is 0.549. The fraction of sp³-hybridized carbons (Fsp3) is 0.300. The molecule has 0 aliphatic carbocycles. The molecule has 0 bridgehead atoms. The van der Waals surface area contributed by atoms with E-state index in [-0.39, 0.29) is 0 Å². The zero-order valence-corrected chi connectivity index (χ0v) is 10.3. The van der Waals surface area contributed by atoms with Crippen LogP contribution in [-0.4, -0.2) is 15.0 Å². The Morgan fingerprint density at radius 3 is 2.82 bits per heavy atom. The minimum absolute atomic E-state index is 0.610. The molecule has 0 unspecified atom stereocenters. The van der Waals surface area contributed by atoms with Crippen LogP contribution in [0.3, 0.4) is 0 Å². The van der Waals surface area contributed by atoms with Crippen molar-refractivity contribution in [1.29, 1.82) is 0 Å². The number of anilines is 2. The van der Waals surface area contributed by atoms with Gasteiger partial charge in [0, 0.05) is 24.1 Å². The number of nitrogens with two attached hydrogens (primary N) is 1. The summed E-state index contributed by atoms with van der Waals surface area (Å²) in [4.78, 5) is 12.8. The third kappa shape index (κ3) is 3.11. The van der Waals surface area contributed by atoms with Crippen molar-refractivity contribution in [3.63, 3.8) is 0 Å². The van der Waals surface area contributed by atoms with Gasteiger partial charge in [-0.15, -0.1) is 11.3 Å². The van der Waals surface area contributed by atoms with Crippen LogP contribution in [0.15, 0.2) is 17.6 Å². The Balaban J connectivity index is 2.09. The van der Waals surface area contributed by atoms with Crippen LogP contribution < -0.4 is 16.6 Å². The normalized spacial score (nSPS) is 10.2. The molecule has 2 rings (SSSR count). The van der Waals surface area contributed by atoms with Crippen molar-refractivity contribution < 1.29 is 0 Å². The maximum Gasteiger partial charge on any atom is 0.145 e. The Hall–Kier alpha value is -1.73. The molecule has 2 aromatic rings. The lowest BCUT2D eigenvalue weighted by molar-refractivity contribution is 0.930. The number of aryl methyl sites for hydroxylation is 1. The van der Waals surface area contributed by atoms with E-state index in [1.165, 1.54) is 0 Å². The molecule has 0 spiro atoms. The lowest BCUT2D eigenvalue weighted by Gasteiger charge is -2.07. The Morgan fingerprint density at radius 2 is 2.18 bits per heavy atom. The van der Waals surface area contributed by atoms with E-state index in [2.05, 4.69) is 25.7 Å². The highest BCUT2D eigenvalue weighted by molar-refractivity contribution is 7.09. The van der Waals surface area contributed by atoms with Gasteiger partial charge in [-0.1, -0.05) is 6.92 Å². The third-order valence-electron chi connectivity index (χ3n) is 2.14. The van der Waals surface area contributed by atoms with Gasteiger partial charge in [0.25, 0.3) is 0 Å². The zero-order valence-electron chi connectivity index (χ0n) is 9.47.